The minimum Gasteiger partial charge on any atom is -0.378 e. The van der Waals surface area contributed by atoms with E-state index in [9.17, 15) is 9.59 Å². The average Bonchev–Trinajstić information content (AvgIpc) is 3.20. The second-order valence-electron chi connectivity index (χ2n) is 5.53. The second-order valence-corrected chi connectivity index (χ2v) is 5.97. The van der Waals surface area contributed by atoms with E-state index in [1.54, 1.807) is 15.8 Å². The van der Waals surface area contributed by atoms with Crippen molar-refractivity contribution in [3.63, 3.8) is 0 Å². The first kappa shape index (κ1) is 17.4. The van der Waals surface area contributed by atoms with Crippen molar-refractivity contribution in [1.82, 2.24) is 24.5 Å². The molecule has 0 aromatic carbocycles. The summed E-state index contributed by atoms with van der Waals surface area (Å²) in [5, 5.41) is 11.3. The molecule has 0 radical (unpaired) electrons. The van der Waals surface area contributed by atoms with Gasteiger partial charge in [-0.15, -0.1) is 0 Å². The Labute approximate surface area is 149 Å². The predicted molar refractivity (Wildman–Crippen MR) is 90.5 cm³/mol. The zero-order valence-corrected chi connectivity index (χ0v) is 14.6. The molecule has 2 amide bonds. The first-order valence-electron chi connectivity index (χ1n) is 7.99. The fourth-order valence-electron chi connectivity index (χ4n) is 2.62. The van der Waals surface area contributed by atoms with Gasteiger partial charge in [-0.3, -0.25) is 19.0 Å². The Balaban J connectivity index is 1.75. The summed E-state index contributed by atoms with van der Waals surface area (Å²) < 4.78 is 8.28. The maximum absolute atomic E-state index is 12.8. The molecule has 0 aliphatic carbocycles. The van der Waals surface area contributed by atoms with Gasteiger partial charge in [-0.25, -0.2) is 0 Å². The predicted octanol–water partition coefficient (Wildman–Crippen LogP) is 0.864. The van der Waals surface area contributed by atoms with E-state index >= 15 is 0 Å². The molecule has 25 heavy (non-hydrogen) atoms. The van der Waals surface area contributed by atoms with E-state index in [1.807, 2.05) is 6.92 Å². The van der Waals surface area contributed by atoms with E-state index in [-0.39, 0.29) is 18.4 Å². The first-order chi connectivity index (χ1) is 12.1. The van der Waals surface area contributed by atoms with Crippen LogP contribution in [0.4, 0.5) is 5.69 Å². The summed E-state index contributed by atoms with van der Waals surface area (Å²) in [4.78, 5) is 26.8. The van der Waals surface area contributed by atoms with Crippen LogP contribution in [0.3, 0.4) is 0 Å². The summed E-state index contributed by atoms with van der Waals surface area (Å²) >= 11 is 5.79. The maximum Gasteiger partial charge on any atom is 0.274 e. The third-order valence-electron chi connectivity index (χ3n) is 3.82. The van der Waals surface area contributed by atoms with Crippen molar-refractivity contribution >= 4 is 29.1 Å². The van der Waals surface area contributed by atoms with Crippen LogP contribution in [0.15, 0.2) is 18.6 Å². The van der Waals surface area contributed by atoms with E-state index in [1.165, 1.54) is 17.1 Å². The molecule has 0 saturated carbocycles. The molecular weight excluding hydrogens is 348 g/mol. The fraction of sp³-hybridized carbons (Fsp3) is 0.467. The van der Waals surface area contributed by atoms with Crippen LogP contribution in [-0.2, 0) is 22.6 Å². The number of hydrogen-bond acceptors (Lipinski definition) is 5. The summed E-state index contributed by atoms with van der Waals surface area (Å²) in [6.45, 7) is 4.47. The van der Waals surface area contributed by atoms with Crippen LogP contribution in [-0.4, -0.2) is 62.6 Å². The van der Waals surface area contributed by atoms with E-state index in [4.69, 9.17) is 16.3 Å². The molecule has 10 heteroatoms. The number of amides is 2. The van der Waals surface area contributed by atoms with Crippen molar-refractivity contribution in [2.45, 2.75) is 20.0 Å². The number of aromatic nitrogens is 4. The number of aryl methyl sites for hydroxylation is 1. The number of morpholine rings is 1. The Bertz CT molecular complexity index is 765. The number of nitrogens with zero attached hydrogens (tertiary/aromatic N) is 5. The van der Waals surface area contributed by atoms with Gasteiger partial charge in [0.05, 0.1) is 36.3 Å². The number of halogens is 1. The Morgan fingerprint density at radius 3 is 2.68 bits per heavy atom. The summed E-state index contributed by atoms with van der Waals surface area (Å²) in [6.07, 6.45) is 4.50. The highest BCUT2D eigenvalue weighted by molar-refractivity contribution is 6.30. The van der Waals surface area contributed by atoms with Gasteiger partial charge in [-0.05, 0) is 6.92 Å². The number of anilines is 1. The SMILES string of the molecule is CCn1ncc(NC(=O)Cn2cc(Cl)cn2)c1C(=O)N1CCOCC1. The largest absolute Gasteiger partial charge is 0.378 e. The van der Waals surface area contributed by atoms with Crippen molar-refractivity contribution in [2.24, 2.45) is 0 Å². The molecule has 1 saturated heterocycles. The fourth-order valence-corrected chi connectivity index (χ4v) is 2.78. The van der Waals surface area contributed by atoms with Gasteiger partial charge in [-0.2, -0.15) is 10.2 Å². The molecule has 1 fully saturated rings. The minimum atomic E-state index is -0.313. The van der Waals surface area contributed by atoms with Crippen molar-refractivity contribution < 1.29 is 14.3 Å². The van der Waals surface area contributed by atoms with Gasteiger partial charge in [0.25, 0.3) is 5.91 Å². The molecule has 2 aromatic rings. The zero-order chi connectivity index (χ0) is 17.8. The Kier molecular flexibility index (Phi) is 5.34. The van der Waals surface area contributed by atoms with E-state index in [0.717, 1.165) is 0 Å². The molecule has 134 valence electrons. The van der Waals surface area contributed by atoms with Crippen molar-refractivity contribution in [3.05, 3.63) is 29.3 Å². The van der Waals surface area contributed by atoms with Gasteiger partial charge in [0, 0.05) is 25.8 Å². The molecule has 1 aliphatic rings. The maximum atomic E-state index is 12.8. The molecular formula is C15H19ClN6O3. The van der Waals surface area contributed by atoms with E-state index < -0.39 is 0 Å². The van der Waals surface area contributed by atoms with Gasteiger partial charge in [0.15, 0.2) is 0 Å². The average molecular weight is 367 g/mol. The molecule has 0 unspecified atom stereocenters. The lowest BCUT2D eigenvalue weighted by atomic mass is 10.2. The molecule has 0 atom stereocenters. The van der Waals surface area contributed by atoms with Crippen LogP contribution in [0.1, 0.15) is 17.4 Å². The van der Waals surface area contributed by atoms with E-state index in [0.29, 0.717) is 49.3 Å². The number of hydrogen-bond donors (Lipinski definition) is 1. The van der Waals surface area contributed by atoms with Gasteiger partial charge in [-0.1, -0.05) is 11.6 Å². The second kappa shape index (κ2) is 7.66. The Morgan fingerprint density at radius 1 is 1.28 bits per heavy atom. The molecule has 9 nitrogen and oxygen atoms in total. The number of ether oxygens (including phenoxy) is 1. The first-order valence-corrected chi connectivity index (χ1v) is 8.37. The summed E-state index contributed by atoms with van der Waals surface area (Å²) in [5.74, 6) is -0.480. The molecule has 1 N–H and O–H groups in total. The highest BCUT2D eigenvalue weighted by Crippen LogP contribution is 2.18. The molecule has 3 rings (SSSR count). The quantitative estimate of drug-likeness (QED) is 0.847. The molecule has 1 aliphatic heterocycles. The van der Waals surface area contributed by atoms with Gasteiger partial charge >= 0.3 is 0 Å². The Morgan fingerprint density at radius 2 is 2.04 bits per heavy atom. The summed E-state index contributed by atoms with van der Waals surface area (Å²) in [7, 11) is 0. The third-order valence-corrected chi connectivity index (χ3v) is 4.02. The van der Waals surface area contributed by atoms with E-state index in [2.05, 4.69) is 15.5 Å². The van der Waals surface area contributed by atoms with Crippen LogP contribution < -0.4 is 5.32 Å². The highest BCUT2D eigenvalue weighted by atomic mass is 35.5. The standard InChI is InChI=1S/C15H19ClN6O3/c1-2-22-14(15(24)20-3-5-25-6-4-20)12(8-18-22)19-13(23)10-21-9-11(16)7-17-21/h7-9H,2-6,10H2,1H3,(H,19,23). The number of carbonyl (C=O) groups is 2. The normalized spacial score (nSPS) is 14.6. The van der Waals surface area contributed by atoms with Gasteiger partial charge < -0.3 is 15.0 Å². The zero-order valence-electron chi connectivity index (χ0n) is 13.8. The lowest BCUT2D eigenvalue weighted by molar-refractivity contribution is -0.116. The number of carbonyl (C=O) groups excluding carboxylic acids is 2. The van der Waals surface area contributed by atoms with Crippen LogP contribution in [0.2, 0.25) is 5.02 Å². The molecule has 0 spiro atoms. The number of rotatable bonds is 5. The third kappa shape index (κ3) is 3.99. The molecule has 0 bridgehead atoms. The number of nitrogens with one attached hydrogen (secondary N) is 1. The Hall–Kier alpha value is -2.39. The lowest BCUT2D eigenvalue weighted by Gasteiger charge is -2.27. The topological polar surface area (TPSA) is 94.3 Å². The highest BCUT2D eigenvalue weighted by Gasteiger charge is 2.26. The van der Waals surface area contributed by atoms with Crippen LogP contribution in [0.25, 0.3) is 0 Å². The molecule has 2 aromatic heterocycles. The van der Waals surface area contributed by atoms with Gasteiger partial charge in [0.2, 0.25) is 5.91 Å². The van der Waals surface area contributed by atoms with Crippen molar-refractivity contribution in [3.8, 4) is 0 Å². The van der Waals surface area contributed by atoms with Crippen molar-refractivity contribution in [1.29, 1.82) is 0 Å². The summed E-state index contributed by atoms with van der Waals surface area (Å²) in [5.41, 5.74) is 0.762. The van der Waals surface area contributed by atoms with Crippen LogP contribution in [0.5, 0.6) is 0 Å². The monoisotopic (exact) mass is 366 g/mol. The van der Waals surface area contributed by atoms with Crippen molar-refractivity contribution in [2.75, 3.05) is 31.6 Å². The summed E-state index contributed by atoms with van der Waals surface area (Å²) in [6, 6.07) is 0. The van der Waals surface area contributed by atoms with Crippen LogP contribution in [0, 0.1) is 0 Å². The lowest BCUT2D eigenvalue weighted by Crippen LogP contribution is -2.41. The van der Waals surface area contributed by atoms with Crippen LogP contribution >= 0.6 is 11.6 Å². The van der Waals surface area contributed by atoms with Gasteiger partial charge in [0.1, 0.15) is 12.2 Å². The molecule has 3 heterocycles. The minimum absolute atomic E-state index is 0.00475. The smallest absolute Gasteiger partial charge is 0.274 e.